The van der Waals surface area contributed by atoms with E-state index in [1.165, 1.54) is 55.4 Å². The SMILES string of the molecule is CNC(CCC1CCCCC1)c1csc(C)c1. The molecule has 0 saturated heterocycles. The summed E-state index contributed by atoms with van der Waals surface area (Å²) >= 11 is 1.87. The van der Waals surface area contributed by atoms with E-state index in [1.54, 1.807) is 0 Å². The normalized spacial score (nSPS) is 19.4. The summed E-state index contributed by atoms with van der Waals surface area (Å²) in [6, 6.07) is 2.91. The van der Waals surface area contributed by atoms with Gasteiger partial charge in [-0.2, -0.15) is 0 Å². The third-order valence-corrected chi connectivity index (χ3v) is 4.97. The van der Waals surface area contributed by atoms with Crippen molar-refractivity contribution in [3.63, 3.8) is 0 Å². The van der Waals surface area contributed by atoms with Gasteiger partial charge in [0.2, 0.25) is 0 Å². The molecule has 1 aromatic heterocycles. The first-order valence-electron chi connectivity index (χ1n) is 7.02. The minimum Gasteiger partial charge on any atom is -0.313 e. The molecular weight excluding hydrogens is 226 g/mol. The maximum Gasteiger partial charge on any atom is 0.0325 e. The second kappa shape index (κ2) is 6.55. The van der Waals surface area contributed by atoms with E-state index in [9.17, 15) is 0 Å². The van der Waals surface area contributed by atoms with Crippen LogP contribution in [0, 0.1) is 12.8 Å². The van der Waals surface area contributed by atoms with E-state index in [-0.39, 0.29) is 0 Å². The zero-order chi connectivity index (χ0) is 12.1. The largest absolute Gasteiger partial charge is 0.313 e. The minimum absolute atomic E-state index is 0.571. The lowest BCUT2D eigenvalue weighted by molar-refractivity contribution is 0.317. The monoisotopic (exact) mass is 251 g/mol. The predicted octanol–water partition coefficient (Wildman–Crippen LogP) is 4.68. The van der Waals surface area contributed by atoms with E-state index in [2.05, 4.69) is 30.7 Å². The van der Waals surface area contributed by atoms with Gasteiger partial charge in [0.05, 0.1) is 0 Å². The lowest BCUT2D eigenvalue weighted by Crippen LogP contribution is -2.17. The summed E-state index contributed by atoms with van der Waals surface area (Å²) < 4.78 is 0. The predicted molar refractivity (Wildman–Crippen MR) is 76.7 cm³/mol. The Morgan fingerprint density at radius 2 is 2.12 bits per heavy atom. The highest BCUT2D eigenvalue weighted by Crippen LogP contribution is 2.31. The van der Waals surface area contributed by atoms with E-state index < -0.39 is 0 Å². The molecular formula is C15H25NS. The van der Waals surface area contributed by atoms with Gasteiger partial charge in [0.1, 0.15) is 0 Å². The van der Waals surface area contributed by atoms with Gasteiger partial charge in [0.15, 0.2) is 0 Å². The summed E-state index contributed by atoms with van der Waals surface area (Å²) in [5, 5.41) is 5.79. The summed E-state index contributed by atoms with van der Waals surface area (Å²) in [6.45, 7) is 2.20. The van der Waals surface area contributed by atoms with Crippen LogP contribution < -0.4 is 5.32 Å². The van der Waals surface area contributed by atoms with Gasteiger partial charge in [-0.1, -0.05) is 32.1 Å². The molecule has 0 aliphatic heterocycles. The molecule has 0 bridgehead atoms. The molecule has 1 N–H and O–H groups in total. The van der Waals surface area contributed by atoms with Crippen molar-refractivity contribution in [1.82, 2.24) is 5.32 Å². The lowest BCUT2D eigenvalue weighted by atomic mass is 9.84. The Kier molecular flexibility index (Phi) is 5.05. The first-order chi connectivity index (χ1) is 8.29. The van der Waals surface area contributed by atoms with Crippen LogP contribution in [0.5, 0.6) is 0 Å². The van der Waals surface area contributed by atoms with Crippen LogP contribution in [0.15, 0.2) is 11.4 Å². The molecule has 1 nitrogen and oxygen atoms in total. The van der Waals surface area contributed by atoms with Crippen LogP contribution in [-0.4, -0.2) is 7.05 Å². The second-order valence-electron chi connectivity index (χ2n) is 5.41. The second-order valence-corrected chi connectivity index (χ2v) is 6.53. The summed E-state index contributed by atoms with van der Waals surface area (Å²) in [6.07, 6.45) is 10.0. The van der Waals surface area contributed by atoms with Gasteiger partial charge in [-0.3, -0.25) is 0 Å². The van der Waals surface area contributed by atoms with Crippen molar-refractivity contribution >= 4 is 11.3 Å². The Labute approximate surface area is 110 Å². The van der Waals surface area contributed by atoms with Gasteiger partial charge in [-0.25, -0.2) is 0 Å². The highest BCUT2D eigenvalue weighted by Gasteiger charge is 2.16. The molecule has 1 aromatic rings. The first-order valence-corrected chi connectivity index (χ1v) is 7.90. The number of hydrogen-bond acceptors (Lipinski definition) is 2. The van der Waals surface area contributed by atoms with Gasteiger partial charge in [-0.05, 0) is 49.7 Å². The average molecular weight is 251 g/mol. The van der Waals surface area contributed by atoms with Gasteiger partial charge in [0, 0.05) is 10.9 Å². The van der Waals surface area contributed by atoms with Crippen molar-refractivity contribution in [2.24, 2.45) is 5.92 Å². The smallest absolute Gasteiger partial charge is 0.0325 e. The number of rotatable bonds is 5. The van der Waals surface area contributed by atoms with Crippen molar-refractivity contribution in [1.29, 1.82) is 0 Å². The Morgan fingerprint density at radius 1 is 1.35 bits per heavy atom. The van der Waals surface area contributed by atoms with E-state index in [4.69, 9.17) is 0 Å². The maximum atomic E-state index is 3.48. The Balaban J connectivity index is 1.82. The van der Waals surface area contributed by atoms with E-state index in [0.29, 0.717) is 6.04 Å². The maximum absolute atomic E-state index is 3.48. The van der Waals surface area contributed by atoms with Crippen molar-refractivity contribution in [2.75, 3.05) is 7.05 Å². The van der Waals surface area contributed by atoms with Crippen molar-refractivity contribution in [3.05, 3.63) is 21.9 Å². The molecule has 1 fully saturated rings. The molecule has 2 heteroatoms. The standard InChI is InChI=1S/C15H25NS/c1-12-10-14(11-17-12)15(16-2)9-8-13-6-4-3-5-7-13/h10-11,13,15-16H,3-9H2,1-2H3. The zero-order valence-electron chi connectivity index (χ0n) is 11.2. The van der Waals surface area contributed by atoms with E-state index in [1.807, 2.05) is 11.3 Å². The molecule has 96 valence electrons. The Morgan fingerprint density at radius 3 is 2.71 bits per heavy atom. The van der Waals surface area contributed by atoms with Crippen LogP contribution in [-0.2, 0) is 0 Å². The van der Waals surface area contributed by atoms with E-state index >= 15 is 0 Å². The topological polar surface area (TPSA) is 12.0 Å². The van der Waals surface area contributed by atoms with Gasteiger partial charge >= 0.3 is 0 Å². The molecule has 1 atom stereocenters. The Hall–Kier alpha value is -0.340. The van der Waals surface area contributed by atoms with Crippen LogP contribution in [0.2, 0.25) is 0 Å². The van der Waals surface area contributed by atoms with Crippen LogP contribution >= 0.6 is 11.3 Å². The van der Waals surface area contributed by atoms with Gasteiger partial charge in [-0.15, -0.1) is 11.3 Å². The quantitative estimate of drug-likeness (QED) is 0.801. The molecule has 1 heterocycles. The molecule has 0 aromatic carbocycles. The van der Waals surface area contributed by atoms with Crippen molar-refractivity contribution in [3.8, 4) is 0 Å². The lowest BCUT2D eigenvalue weighted by Gasteiger charge is -2.24. The number of nitrogens with one attached hydrogen (secondary N) is 1. The van der Waals surface area contributed by atoms with Crippen molar-refractivity contribution in [2.45, 2.75) is 57.9 Å². The molecule has 1 saturated carbocycles. The number of aryl methyl sites for hydroxylation is 1. The molecule has 17 heavy (non-hydrogen) atoms. The first kappa shape index (κ1) is 13.1. The number of hydrogen-bond donors (Lipinski definition) is 1. The average Bonchev–Trinajstić information content (AvgIpc) is 2.78. The number of thiophene rings is 1. The fraction of sp³-hybridized carbons (Fsp3) is 0.733. The third kappa shape index (κ3) is 3.82. The fourth-order valence-corrected chi connectivity index (χ4v) is 3.76. The molecule has 2 rings (SSSR count). The Bertz CT molecular complexity index is 325. The highest BCUT2D eigenvalue weighted by molar-refractivity contribution is 7.10. The molecule has 0 amide bonds. The third-order valence-electron chi connectivity index (χ3n) is 4.09. The van der Waals surface area contributed by atoms with Gasteiger partial charge in [0.25, 0.3) is 0 Å². The van der Waals surface area contributed by atoms with Crippen LogP contribution in [0.4, 0.5) is 0 Å². The van der Waals surface area contributed by atoms with Gasteiger partial charge < -0.3 is 5.32 Å². The summed E-state index contributed by atoms with van der Waals surface area (Å²) in [5.41, 5.74) is 1.49. The summed E-state index contributed by atoms with van der Waals surface area (Å²) in [7, 11) is 2.10. The summed E-state index contributed by atoms with van der Waals surface area (Å²) in [5.74, 6) is 0.999. The molecule has 0 spiro atoms. The van der Waals surface area contributed by atoms with Crippen LogP contribution in [0.1, 0.15) is 61.4 Å². The molecule has 0 radical (unpaired) electrons. The van der Waals surface area contributed by atoms with Crippen LogP contribution in [0.3, 0.4) is 0 Å². The highest BCUT2D eigenvalue weighted by atomic mass is 32.1. The minimum atomic E-state index is 0.571. The molecule has 1 unspecified atom stereocenters. The molecule has 1 aliphatic rings. The molecule has 1 aliphatic carbocycles. The zero-order valence-corrected chi connectivity index (χ0v) is 12.0. The fourth-order valence-electron chi connectivity index (χ4n) is 3.00. The van der Waals surface area contributed by atoms with Crippen molar-refractivity contribution < 1.29 is 0 Å². The summed E-state index contributed by atoms with van der Waals surface area (Å²) in [4.78, 5) is 1.43. The van der Waals surface area contributed by atoms with Crippen LogP contribution in [0.25, 0.3) is 0 Å². The van der Waals surface area contributed by atoms with E-state index in [0.717, 1.165) is 5.92 Å².